The Labute approximate surface area is 260 Å². The van der Waals surface area contributed by atoms with Gasteiger partial charge in [0.15, 0.2) is 0 Å². The standard InChI is InChI=1S/C32H37N7O4S/c1-20-17-23-18-24(8-9-26(23)43-20)35-32(37-29(41)28-21(2)34-30(44-28)22-10-12-33-13-11-22)36-25-7-3-4-16-39(31(25)42)19-27(40)38-14-5-6-15-38/h8-13,17-18,25,30,34H,3-7,14-16,19H2,1-2H3,(H2,35,36,37,41). The summed E-state index contributed by atoms with van der Waals surface area (Å²) >= 11 is 1.42. The Hall–Kier alpha value is -4.32. The molecule has 2 saturated heterocycles. The van der Waals surface area contributed by atoms with E-state index < -0.39 is 6.04 Å². The number of fused-ring (bicyclic) bond motifs is 1. The third kappa shape index (κ3) is 6.75. The van der Waals surface area contributed by atoms with E-state index in [2.05, 4.69) is 20.9 Å². The largest absolute Gasteiger partial charge is 0.461 e. The monoisotopic (exact) mass is 615 g/mol. The van der Waals surface area contributed by atoms with Gasteiger partial charge < -0.3 is 24.9 Å². The van der Waals surface area contributed by atoms with Crippen LogP contribution in [-0.4, -0.2) is 70.7 Å². The minimum absolute atomic E-state index is 0.0206. The number of carbonyl (C=O) groups is 3. The van der Waals surface area contributed by atoms with Crippen LogP contribution in [-0.2, 0) is 14.4 Å². The molecule has 3 N–H and O–H groups in total. The van der Waals surface area contributed by atoms with Gasteiger partial charge in [0.2, 0.25) is 17.8 Å². The van der Waals surface area contributed by atoms with Crippen LogP contribution in [0, 0.1) is 6.92 Å². The van der Waals surface area contributed by atoms with Gasteiger partial charge in [-0.3, -0.25) is 24.7 Å². The molecule has 2 fully saturated rings. The van der Waals surface area contributed by atoms with Gasteiger partial charge in [-0.2, -0.15) is 0 Å². The molecular formula is C32H37N7O4S. The zero-order chi connectivity index (χ0) is 30.6. The smallest absolute Gasteiger partial charge is 0.266 e. The highest BCUT2D eigenvalue weighted by atomic mass is 32.2. The molecule has 2 atom stereocenters. The van der Waals surface area contributed by atoms with Crippen molar-refractivity contribution in [3.8, 4) is 0 Å². The molecule has 1 aromatic carbocycles. The lowest BCUT2D eigenvalue weighted by atomic mass is 10.1. The number of guanidine groups is 1. The van der Waals surface area contributed by atoms with Crippen molar-refractivity contribution in [2.75, 3.05) is 31.5 Å². The van der Waals surface area contributed by atoms with E-state index in [-0.39, 0.29) is 35.6 Å². The fraction of sp³-hybridized carbons (Fsp3) is 0.406. The normalized spacial score (nSPS) is 21.0. The molecule has 0 radical (unpaired) electrons. The lowest BCUT2D eigenvalue weighted by molar-refractivity contribution is -0.140. The van der Waals surface area contributed by atoms with Crippen molar-refractivity contribution in [2.45, 2.75) is 57.4 Å². The van der Waals surface area contributed by atoms with Crippen molar-refractivity contribution in [1.82, 2.24) is 25.4 Å². The highest BCUT2D eigenvalue weighted by molar-refractivity contribution is 8.04. The van der Waals surface area contributed by atoms with Crippen molar-refractivity contribution < 1.29 is 18.8 Å². The zero-order valence-corrected chi connectivity index (χ0v) is 25.8. The van der Waals surface area contributed by atoms with E-state index in [4.69, 9.17) is 9.41 Å². The topological polar surface area (TPSA) is 132 Å². The van der Waals surface area contributed by atoms with Crippen LogP contribution in [0.25, 0.3) is 11.0 Å². The molecule has 3 aliphatic rings. The van der Waals surface area contributed by atoms with Gasteiger partial charge in [-0.25, -0.2) is 4.99 Å². The Bertz CT molecular complexity index is 1610. The summed E-state index contributed by atoms with van der Waals surface area (Å²) < 4.78 is 5.72. The molecule has 2 unspecified atom stereocenters. The number of nitrogens with one attached hydrogen (secondary N) is 3. The number of benzene rings is 1. The first-order chi connectivity index (χ1) is 21.3. The first-order valence-electron chi connectivity index (χ1n) is 15.1. The molecule has 0 bridgehead atoms. The second kappa shape index (κ2) is 13.1. The highest BCUT2D eigenvalue weighted by Crippen LogP contribution is 2.40. The van der Waals surface area contributed by atoms with Crippen LogP contribution in [0.4, 0.5) is 5.69 Å². The quantitative estimate of drug-likeness (QED) is 0.277. The molecule has 5 heterocycles. The first kappa shape index (κ1) is 29.7. The fourth-order valence-corrected chi connectivity index (χ4v) is 6.97. The molecule has 3 aliphatic heterocycles. The number of pyridine rings is 1. The first-order valence-corrected chi connectivity index (χ1v) is 16.0. The van der Waals surface area contributed by atoms with Gasteiger partial charge >= 0.3 is 0 Å². The minimum Gasteiger partial charge on any atom is -0.461 e. The molecule has 2 aromatic heterocycles. The molecule has 6 rings (SSSR count). The Morgan fingerprint density at radius 2 is 1.84 bits per heavy atom. The van der Waals surface area contributed by atoms with Gasteiger partial charge in [0.05, 0.1) is 11.4 Å². The number of likely N-dealkylation sites (tertiary alicyclic amines) is 2. The van der Waals surface area contributed by atoms with E-state index in [9.17, 15) is 14.4 Å². The SMILES string of the molecule is CC1=C(C(=O)NC(=NC2CCCCN(CC(=O)N3CCCC3)C2=O)Nc2ccc3oc(C)cc3c2)SC(c2ccncc2)N1. The summed E-state index contributed by atoms with van der Waals surface area (Å²) in [6, 6.07) is 10.7. The lowest BCUT2D eigenvalue weighted by Crippen LogP contribution is -2.45. The second-order valence-electron chi connectivity index (χ2n) is 11.4. The second-order valence-corrected chi connectivity index (χ2v) is 12.5. The number of aromatic nitrogens is 1. The number of rotatable bonds is 6. The number of hydrogen-bond acceptors (Lipinski definition) is 8. The summed E-state index contributed by atoms with van der Waals surface area (Å²) in [7, 11) is 0. The number of nitrogens with zero attached hydrogens (tertiary/aromatic N) is 4. The number of furan rings is 1. The lowest BCUT2D eigenvalue weighted by Gasteiger charge is -2.25. The van der Waals surface area contributed by atoms with E-state index in [0.717, 1.165) is 66.8 Å². The van der Waals surface area contributed by atoms with Crippen molar-refractivity contribution in [1.29, 1.82) is 0 Å². The van der Waals surface area contributed by atoms with E-state index in [1.165, 1.54) is 11.8 Å². The summed E-state index contributed by atoms with van der Waals surface area (Å²) in [5, 5.41) is 10.4. The van der Waals surface area contributed by atoms with Crippen LogP contribution in [0.3, 0.4) is 0 Å². The maximum Gasteiger partial charge on any atom is 0.266 e. The Kier molecular flexibility index (Phi) is 8.87. The van der Waals surface area contributed by atoms with Crippen LogP contribution < -0.4 is 16.0 Å². The van der Waals surface area contributed by atoms with E-state index in [1.807, 2.05) is 55.1 Å². The van der Waals surface area contributed by atoms with E-state index in [0.29, 0.717) is 23.6 Å². The van der Waals surface area contributed by atoms with Crippen molar-refractivity contribution in [3.63, 3.8) is 0 Å². The molecule has 230 valence electrons. The van der Waals surface area contributed by atoms with Crippen LogP contribution in [0.5, 0.6) is 0 Å². The van der Waals surface area contributed by atoms with Gasteiger partial charge in [0.1, 0.15) is 22.8 Å². The predicted molar refractivity (Wildman–Crippen MR) is 171 cm³/mol. The summed E-state index contributed by atoms with van der Waals surface area (Å²) in [6.07, 6.45) is 7.55. The number of aryl methyl sites for hydroxylation is 1. The van der Waals surface area contributed by atoms with Crippen LogP contribution in [0.2, 0.25) is 0 Å². The Balaban J connectivity index is 1.24. The number of anilines is 1. The summed E-state index contributed by atoms with van der Waals surface area (Å²) in [5.74, 6) is 0.422. The molecule has 12 heteroatoms. The molecule has 3 aromatic rings. The number of hydrogen-bond donors (Lipinski definition) is 3. The van der Waals surface area contributed by atoms with Gasteiger partial charge in [-0.05, 0) is 87.9 Å². The maximum absolute atomic E-state index is 13.7. The third-order valence-electron chi connectivity index (χ3n) is 8.10. The van der Waals surface area contributed by atoms with Crippen LogP contribution in [0.15, 0.2) is 68.8 Å². The summed E-state index contributed by atoms with van der Waals surface area (Å²) in [5.41, 5.74) is 3.21. The summed E-state index contributed by atoms with van der Waals surface area (Å²) in [4.78, 5) is 53.2. The van der Waals surface area contributed by atoms with Crippen molar-refractivity contribution in [2.24, 2.45) is 4.99 Å². The predicted octanol–water partition coefficient (Wildman–Crippen LogP) is 4.29. The molecule has 3 amide bonds. The van der Waals surface area contributed by atoms with Crippen molar-refractivity contribution >= 4 is 52.1 Å². The third-order valence-corrected chi connectivity index (χ3v) is 9.45. The van der Waals surface area contributed by atoms with Crippen LogP contribution >= 0.6 is 11.8 Å². The van der Waals surface area contributed by atoms with Gasteiger partial charge in [-0.1, -0.05) is 11.8 Å². The zero-order valence-electron chi connectivity index (χ0n) is 25.0. The Morgan fingerprint density at radius 3 is 2.64 bits per heavy atom. The van der Waals surface area contributed by atoms with E-state index >= 15 is 0 Å². The molecule has 44 heavy (non-hydrogen) atoms. The molecular weight excluding hydrogens is 578 g/mol. The number of allylic oxidation sites excluding steroid dienone is 1. The van der Waals surface area contributed by atoms with Crippen molar-refractivity contribution in [3.05, 3.63) is 70.7 Å². The summed E-state index contributed by atoms with van der Waals surface area (Å²) in [6.45, 7) is 5.82. The fourth-order valence-electron chi connectivity index (χ4n) is 5.81. The average Bonchev–Trinajstić information content (AvgIpc) is 3.75. The highest BCUT2D eigenvalue weighted by Gasteiger charge is 2.32. The molecule has 11 nitrogen and oxygen atoms in total. The van der Waals surface area contributed by atoms with Gasteiger partial charge in [-0.15, -0.1) is 0 Å². The van der Waals surface area contributed by atoms with Crippen LogP contribution in [0.1, 0.15) is 55.7 Å². The number of aliphatic imine (C=N–C) groups is 1. The number of thioether (sulfide) groups is 1. The average molecular weight is 616 g/mol. The molecule has 0 saturated carbocycles. The molecule has 0 aliphatic carbocycles. The van der Waals surface area contributed by atoms with Gasteiger partial charge in [0.25, 0.3) is 5.91 Å². The number of amides is 3. The van der Waals surface area contributed by atoms with E-state index in [1.54, 1.807) is 17.3 Å². The Morgan fingerprint density at radius 1 is 1.07 bits per heavy atom. The minimum atomic E-state index is -0.736. The number of carbonyl (C=O) groups excluding carboxylic acids is 3. The van der Waals surface area contributed by atoms with Gasteiger partial charge in [0, 0.05) is 48.8 Å². The molecule has 0 spiro atoms. The maximum atomic E-state index is 13.7.